The minimum atomic E-state index is -0.607. The molecule has 1 aliphatic heterocycles. The molecule has 2 amide bonds. The standard InChI is InChI=1S/C19H16BrClFN3O2S/c1-2-25-18(27)16(10-17(26)23-13-6-4-12(21)5-7-13)28-19(25)24-15-8-3-11(20)9-14(15)22/h3-9,16H,2,10H2,1H3,(H,23,26). The third-order valence-corrected chi connectivity index (χ3v) is 5.88. The number of nitrogens with one attached hydrogen (secondary N) is 1. The van der Waals surface area contributed by atoms with Crippen LogP contribution in [0, 0.1) is 5.82 Å². The lowest BCUT2D eigenvalue weighted by molar-refractivity contribution is -0.128. The van der Waals surface area contributed by atoms with Crippen LogP contribution in [0.1, 0.15) is 13.3 Å². The molecule has 28 heavy (non-hydrogen) atoms. The third kappa shape index (κ3) is 4.92. The van der Waals surface area contributed by atoms with Gasteiger partial charge in [0.1, 0.15) is 16.8 Å². The number of rotatable bonds is 5. The first-order valence-corrected chi connectivity index (χ1v) is 10.5. The van der Waals surface area contributed by atoms with Crippen molar-refractivity contribution in [3.05, 3.63) is 57.8 Å². The van der Waals surface area contributed by atoms with Gasteiger partial charge in [-0.25, -0.2) is 9.38 Å². The largest absolute Gasteiger partial charge is 0.326 e. The Hall–Kier alpha value is -1.90. The molecule has 1 fully saturated rings. The van der Waals surface area contributed by atoms with E-state index in [1.807, 2.05) is 6.92 Å². The maximum atomic E-state index is 14.1. The van der Waals surface area contributed by atoms with Crippen molar-refractivity contribution in [1.82, 2.24) is 4.90 Å². The molecule has 146 valence electrons. The molecule has 1 heterocycles. The van der Waals surface area contributed by atoms with E-state index in [1.54, 1.807) is 30.3 Å². The number of hydrogen-bond donors (Lipinski definition) is 1. The first-order chi connectivity index (χ1) is 13.4. The van der Waals surface area contributed by atoms with Gasteiger partial charge in [0.05, 0.1) is 0 Å². The fourth-order valence-electron chi connectivity index (χ4n) is 2.60. The van der Waals surface area contributed by atoms with Crippen molar-refractivity contribution in [2.75, 3.05) is 11.9 Å². The second kappa shape index (κ2) is 9.07. The summed E-state index contributed by atoms with van der Waals surface area (Å²) in [4.78, 5) is 30.7. The third-order valence-electron chi connectivity index (χ3n) is 3.96. The van der Waals surface area contributed by atoms with Crippen LogP contribution in [0.15, 0.2) is 51.9 Å². The lowest BCUT2D eigenvalue weighted by Crippen LogP contribution is -2.33. The van der Waals surface area contributed by atoms with Crippen LogP contribution < -0.4 is 5.32 Å². The van der Waals surface area contributed by atoms with Gasteiger partial charge in [-0.3, -0.25) is 14.5 Å². The maximum Gasteiger partial charge on any atom is 0.242 e. The molecule has 0 aromatic heterocycles. The predicted molar refractivity (Wildman–Crippen MR) is 115 cm³/mol. The number of anilines is 1. The Morgan fingerprint density at radius 2 is 2.04 bits per heavy atom. The summed E-state index contributed by atoms with van der Waals surface area (Å²) in [5, 5.41) is 3.09. The summed E-state index contributed by atoms with van der Waals surface area (Å²) < 4.78 is 14.7. The molecule has 2 aromatic rings. The molecule has 5 nitrogen and oxygen atoms in total. The summed E-state index contributed by atoms with van der Waals surface area (Å²) >= 11 is 10.2. The molecule has 1 unspecified atom stereocenters. The fraction of sp³-hybridized carbons (Fsp3) is 0.211. The number of benzene rings is 2. The first kappa shape index (κ1) is 20.8. The zero-order chi connectivity index (χ0) is 20.3. The highest BCUT2D eigenvalue weighted by molar-refractivity contribution is 9.10. The molecular formula is C19H16BrClFN3O2S. The summed E-state index contributed by atoms with van der Waals surface area (Å²) in [6, 6.07) is 11.2. The van der Waals surface area contributed by atoms with E-state index >= 15 is 0 Å². The van der Waals surface area contributed by atoms with Gasteiger partial charge in [-0.15, -0.1) is 0 Å². The Balaban J connectivity index is 1.72. The summed E-state index contributed by atoms with van der Waals surface area (Å²) in [5.74, 6) is -0.995. The van der Waals surface area contributed by atoms with Gasteiger partial charge in [-0.2, -0.15) is 0 Å². The van der Waals surface area contributed by atoms with Gasteiger partial charge in [0.25, 0.3) is 0 Å². The molecule has 0 spiro atoms. The van der Waals surface area contributed by atoms with Gasteiger partial charge in [-0.1, -0.05) is 39.3 Å². The first-order valence-electron chi connectivity index (χ1n) is 8.44. The second-order valence-electron chi connectivity index (χ2n) is 5.94. The van der Waals surface area contributed by atoms with Gasteiger partial charge in [0.15, 0.2) is 5.17 Å². The van der Waals surface area contributed by atoms with Crippen LogP contribution >= 0.6 is 39.3 Å². The van der Waals surface area contributed by atoms with Gasteiger partial charge < -0.3 is 5.32 Å². The predicted octanol–water partition coefficient (Wildman–Crippen LogP) is 5.22. The molecule has 3 rings (SSSR count). The van der Waals surface area contributed by atoms with Crippen LogP contribution in [0.25, 0.3) is 0 Å². The molecule has 1 saturated heterocycles. The number of nitrogens with zero attached hydrogens (tertiary/aromatic N) is 2. The quantitative estimate of drug-likeness (QED) is 0.633. The number of amidine groups is 1. The van der Waals surface area contributed by atoms with Crippen LogP contribution in [-0.2, 0) is 9.59 Å². The number of amides is 2. The highest BCUT2D eigenvalue weighted by Crippen LogP contribution is 2.33. The van der Waals surface area contributed by atoms with E-state index in [0.717, 1.165) is 0 Å². The maximum absolute atomic E-state index is 14.1. The molecule has 0 saturated carbocycles. The monoisotopic (exact) mass is 483 g/mol. The van der Waals surface area contributed by atoms with Crippen molar-refractivity contribution < 1.29 is 14.0 Å². The smallest absolute Gasteiger partial charge is 0.242 e. The Morgan fingerprint density at radius 3 is 2.68 bits per heavy atom. The SMILES string of the molecule is CCN1C(=O)C(CC(=O)Nc2ccc(Cl)cc2)SC1=Nc1ccc(Br)cc1F. The van der Waals surface area contributed by atoms with Crippen LogP contribution in [0.4, 0.5) is 15.8 Å². The number of halogens is 3. The average molecular weight is 485 g/mol. The van der Waals surface area contributed by atoms with Crippen molar-refractivity contribution in [2.45, 2.75) is 18.6 Å². The van der Waals surface area contributed by atoms with Crippen molar-refractivity contribution >= 4 is 67.6 Å². The molecule has 1 aliphatic rings. The topological polar surface area (TPSA) is 61.8 Å². The summed E-state index contributed by atoms with van der Waals surface area (Å²) in [6.07, 6.45) is -0.00946. The molecule has 1 N–H and O–H groups in total. The Morgan fingerprint density at radius 1 is 1.32 bits per heavy atom. The second-order valence-corrected chi connectivity index (χ2v) is 8.46. The molecule has 0 aliphatic carbocycles. The number of hydrogen-bond acceptors (Lipinski definition) is 4. The van der Waals surface area contributed by atoms with Crippen LogP contribution in [0.5, 0.6) is 0 Å². The molecule has 0 radical (unpaired) electrons. The van der Waals surface area contributed by atoms with E-state index in [2.05, 4.69) is 26.2 Å². The van der Waals surface area contributed by atoms with Gasteiger partial charge in [0.2, 0.25) is 11.8 Å². The Bertz CT molecular complexity index is 939. The number of thioether (sulfide) groups is 1. The van der Waals surface area contributed by atoms with Crippen LogP contribution in [0.2, 0.25) is 5.02 Å². The highest BCUT2D eigenvalue weighted by atomic mass is 79.9. The van der Waals surface area contributed by atoms with E-state index in [-0.39, 0.29) is 23.9 Å². The van der Waals surface area contributed by atoms with Gasteiger partial charge in [0, 0.05) is 28.1 Å². The van der Waals surface area contributed by atoms with Crippen molar-refractivity contribution in [3.8, 4) is 0 Å². The minimum Gasteiger partial charge on any atom is -0.326 e. The zero-order valence-electron chi connectivity index (χ0n) is 14.8. The van der Waals surface area contributed by atoms with Crippen molar-refractivity contribution in [1.29, 1.82) is 0 Å². The lowest BCUT2D eigenvalue weighted by Gasteiger charge is -2.13. The minimum absolute atomic E-state index is 0.00946. The molecule has 9 heteroatoms. The zero-order valence-corrected chi connectivity index (χ0v) is 17.9. The Kier molecular flexibility index (Phi) is 6.74. The molecule has 1 atom stereocenters. The molecule has 2 aromatic carbocycles. The highest BCUT2D eigenvalue weighted by Gasteiger charge is 2.38. The van der Waals surface area contributed by atoms with Crippen molar-refractivity contribution in [2.24, 2.45) is 4.99 Å². The van der Waals surface area contributed by atoms with Crippen molar-refractivity contribution in [3.63, 3.8) is 0 Å². The average Bonchev–Trinajstić information content (AvgIpc) is 2.94. The lowest BCUT2D eigenvalue weighted by atomic mass is 10.2. The van der Waals surface area contributed by atoms with E-state index < -0.39 is 11.1 Å². The van der Waals surface area contributed by atoms with Gasteiger partial charge >= 0.3 is 0 Å². The normalized spacial score (nSPS) is 18.0. The number of aliphatic imine (C=N–C) groups is 1. The molecular weight excluding hydrogens is 469 g/mol. The summed E-state index contributed by atoms with van der Waals surface area (Å²) in [5.41, 5.74) is 0.742. The molecule has 0 bridgehead atoms. The number of carbonyl (C=O) groups excluding carboxylic acids is 2. The van der Waals surface area contributed by atoms with Crippen LogP contribution in [-0.4, -0.2) is 33.7 Å². The fourth-order valence-corrected chi connectivity index (χ4v) is 4.28. The van der Waals surface area contributed by atoms with E-state index in [1.165, 1.54) is 28.8 Å². The summed E-state index contributed by atoms with van der Waals surface area (Å²) in [6.45, 7) is 2.19. The van der Waals surface area contributed by atoms with E-state index in [4.69, 9.17) is 11.6 Å². The van der Waals surface area contributed by atoms with E-state index in [0.29, 0.717) is 26.9 Å². The summed E-state index contributed by atoms with van der Waals surface area (Å²) in [7, 11) is 0. The van der Waals surface area contributed by atoms with E-state index in [9.17, 15) is 14.0 Å². The van der Waals surface area contributed by atoms with Gasteiger partial charge in [-0.05, 0) is 49.4 Å². The van der Waals surface area contributed by atoms with Crippen LogP contribution in [0.3, 0.4) is 0 Å². The number of carbonyl (C=O) groups is 2. The Labute approximate surface area is 179 Å².